The first kappa shape index (κ1) is 14.9. The van der Waals surface area contributed by atoms with Gasteiger partial charge in [0.25, 0.3) is 0 Å². The molecule has 0 radical (unpaired) electrons. The Balaban J connectivity index is 1.52. The number of carbonyl (C=O) groups excluding carboxylic acids is 1. The van der Waals surface area contributed by atoms with E-state index in [1.54, 1.807) is 0 Å². The fraction of sp³-hybridized carbons (Fsp3) is 0.588. The molecule has 1 aliphatic carbocycles. The Morgan fingerprint density at radius 1 is 1.33 bits per heavy atom. The maximum absolute atomic E-state index is 12.2. The van der Waals surface area contributed by atoms with Crippen LogP contribution in [0.5, 0.6) is 0 Å². The second-order valence-corrected chi connectivity index (χ2v) is 6.55. The number of fused-ring (bicyclic) bond motifs is 1. The van der Waals surface area contributed by atoms with Gasteiger partial charge in [-0.1, -0.05) is 24.3 Å². The molecule has 1 fully saturated rings. The summed E-state index contributed by atoms with van der Waals surface area (Å²) in [5, 5.41) is 3.05. The molecule has 1 aromatic carbocycles. The van der Waals surface area contributed by atoms with Crippen molar-refractivity contribution >= 4 is 17.5 Å². The maximum Gasteiger partial charge on any atom is 0.220 e. The number of ether oxygens (including phenoxy) is 1. The average molecular weight is 308 g/mol. The Labute approximate surface area is 131 Å². The van der Waals surface area contributed by atoms with Crippen molar-refractivity contribution in [1.82, 2.24) is 5.32 Å². The van der Waals surface area contributed by atoms with E-state index in [0.29, 0.717) is 6.42 Å². The van der Waals surface area contributed by atoms with Gasteiger partial charge < -0.3 is 10.1 Å². The van der Waals surface area contributed by atoms with Crippen molar-refractivity contribution in [2.75, 3.05) is 6.61 Å². The molecule has 0 bridgehead atoms. The number of alkyl halides is 1. The van der Waals surface area contributed by atoms with Crippen LogP contribution in [0.2, 0.25) is 0 Å². The topological polar surface area (TPSA) is 38.3 Å². The summed E-state index contributed by atoms with van der Waals surface area (Å²) in [5.74, 6) is 0.0801. The summed E-state index contributed by atoms with van der Waals surface area (Å²) in [6.45, 7) is 0.839. The zero-order valence-corrected chi connectivity index (χ0v) is 12.9. The minimum absolute atomic E-state index is 0.0442. The standard InChI is InChI=1S/C17H22ClNO2/c18-15-11-12-5-1-2-7-14(12)17(15)19-16(20)9-8-13-6-3-4-10-21-13/h1-2,5,7,13,15,17H,3-4,6,8-11H2,(H,19,20). The second kappa shape index (κ2) is 6.80. The summed E-state index contributed by atoms with van der Waals surface area (Å²) in [6, 6.07) is 8.12. The zero-order valence-electron chi connectivity index (χ0n) is 12.2. The summed E-state index contributed by atoms with van der Waals surface area (Å²) in [7, 11) is 0. The molecular weight excluding hydrogens is 286 g/mol. The highest BCUT2D eigenvalue weighted by molar-refractivity contribution is 6.21. The van der Waals surface area contributed by atoms with E-state index in [2.05, 4.69) is 17.4 Å². The van der Waals surface area contributed by atoms with Gasteiger partial charge in [0.2, 0.25) is 5.91 Å². The Hall–Kier alpha value is -1.06. The molecule has 1 heterocycles. The van der Waals surface area contributed by atoms with Crippen molar-refractivity contribution in [1.29, 1.82) is 0 Å². The first-order chi connectivity index (χ1) is 10.2. The van der Waals surface area contributed by atoms with Gasteiger partial charge in [0.05, 0.1) is 17.5 Å². The molecule has 0 aromatic heterocycles. The third-order valence-electron chi connectivity index (χ3n) is 4.45. The SMILES string of the molecule is O=C(CCC1CCCCO1)NC1c2ccccc2CC1Cl. The second-order valence-electron chi connectivity index (χ2n) is 5.99. The van der Waals surface area contributed by atoms with Crippen LogP contribution in [-0.2, 0) is 16.0 Å². The lowest BCUT2D eigenvalue weighted by Gasteiger charge is -2.23. The Kier molecular flexibility index (Phi) is 4.81. The highest BCUT2D eigenvalue weighted by Crippen LogP contribution is 2.34. The van der Waals surface area contributed by atoms with Crippen molar-refractivity contribution in [3.05, 3.63) is 35.4 Å². The van der Waals surface area contributed by atoms with Crippen molar-refractivity contribution in [2.24, 2.45) is 0 Å². The Morgan fingerprint density at radius 3 is 3.00 bits per heavy atom. The van der Waals surface area contributed by atoms with Crippen LogP contribution < -0.4 is 5.32 Å². The molecule has 114 valence electrons. The van der Waals surface area contributed by atoms with Gasteiger partial charge in [-0.3, -0.25) is 4.79 Å². The number of amides is 1. The van der Waals surface area contributed by atoms with E-state index in [9.17, 15) is 4.79 Å². The monoisotopic (exact) mass is 307 g/mol. The summed E-state index contributed by atoms with van der Waals surface area (Å²) in [5.41, 5.74) is 2.41. The van der Waals surface area contributed by atoms with E-state index >= 15 is 0 Å². The van der Waals surface area contributed by atoms with Gasteiger partial charge >= 0.3 is 0 Å². The van der Waals surface area contributed by atoms with Gasteiger partial charge in [-0.2, -0.15) is 0 Å². The van der Waals surface area contributed by atoms with Crippen LogP contribution in [0.4, 0.5) is 0 Å². The van der Waals surface area contributed by atoms with Gasteiger partial charge in [0.15, 0.2) is 0 Å². The van der Waals surface area contributed by atoms with Crippen LogP contribution in [-0.4, -0.2) is 24.0 Å². The maximum atomic E-state index is 12.2. The van der Waals surface area contributed by atoms with E-state index < -0.39 is 0 Å². The summed E-state index contributed by atoms with van der Waals surface area (Å²) >= 11 is 6.40. The molecule has 1 saturated heterocycles. The predicted octanol–water partition coefficient (Wildman–Crippen LogP) is 3.36. The fourth-order valence-corrected chi connectivity index (χ4v) is 3.65. The molecule has 4 heteroatoms. The average Bonchev–Trinajstić information content (AvgIpc) is 2.82. The number of halogens is 1. The van der Waals surface area contributed by atoms with Crippen LogP contribution >= 0.6 is 11.6 Å². The third kappa shape index (κ3) is 3.58. The molecule has 1 aliphatic heterocycles. The van der Waals surface area contributed by atoms with Crippen LogP contribution in [0, 0.1) is 0 Å². The zero-order chi connectivity index (χ0) is 14.7. The number of hydrogen-bond donors (Lipinski definition) is 1. The number of rotatable bonds is 4. The highest BCUT2D eigenvalue weighted by atomic mass is 35.5. The van der Waals surface area contributed by atoms with Crippen LogP contribution in [0.3, 0.4) is 0 Å². The van der Waals surface area contributed by atoms with Crippen LogP contribution in [0.1, 0.15) is 49.3 Å². The first-order valence-electron chi connectivity index (χ1n) is 7.87. The number of hydrogen-bond acceptors (Lipinski definition) is 2. The minimum Gasteiger partial charge on any atom is -0.378 e. The molecule has 2 aliphatic rings. The van der Waals surface area contributed by atoms with Gasteiger partial charge in [0, 0.05) is 13.0 Å². The highest BCUT2D eigenvalue weighted by Gasteiger charge is 2.31. The largest absolute Gasteiger partial charge is 0.378 e. The van der Waals surface area contributed by atoms with Crippen LogP contribution in [0.15, 0.2) is 24.3 Å². The Bertz CT molecular complexity index is 499. The van der Waals surface area contributed by atoms with Crippen molar-refractivity contribution < 1.29 is 9.53 Å². The van der Waals surface area contributed by atoms with Crippen LogP contribution in [0.25, 0.3) is 0 Å². The molecule has 0 saturated carbocycles. The van der Waals surface area contributed by atoms with Gasteiger partial charge in [0.1, 0.15) is 0 Å². The van der Waals surface area contributed by atoms with E-state index in [1.807, 2.05) is 12.1 Å². The third-order valence-corrected chi connectivity index (χ3v) is 4.86. The number of carbonyl (C=O) groups is 1. The lowest BCUT2D eigenvalue weighted by molar-refractivity contribution is -0.122. The van der Waals surface area contributed by atoms with Crippen molar-refractivity contribution in [3.8, 4) is 0 Å². The van der Waals surface area contributed by atoms with Gasteiger partial charge in [-0.05, 0) is 43.2 Å². The molecule has 3 rings (SSSR count). The fourth-order valence-electron chi connectivity index (χ4n) is 3.29. The molecule has 3 atom stereocenters. The predicted molar refractivity (Wildman–Crippen MR) is 83.5 cm³/mol. The molecule has 0 spiro atoms. The summed E-state index contributed by atoms with van der Waals surface area (Å²) in [6.07, 6.45) is 5.86. The lowest BCUT2D eigenvalue weighted by Crippen LogP contribution is -2.32. The first-order valence-corrected chi connectivity index (χ1v) is 8.30. The molecule has 3 unspecified atom stereocenters. The molecule has 3 nitrogen and oxygen atoms in total. The lowest BCUT2D eigenvalue weighted by atomic mass is 10.0. The van der Waals surface area contributed by atoms with E-state index in [0.717, 1.165) is 32.3 Å². The molecule has 1 amide bonds. The van der Waals surface area contributed by atoms with Gasteiger partial charge in [-0.25, -0.2) is 0 Å². The number of nitrogens with one attached hydrogen (secondary N) is 1. The smallest absolute Gasteiger partial charge is 0.220 e. The molecule has 1 N–H and O–H groups in total. The summed E-state index contributed by atoms with van der Waals surface area (Å²) < 4.78 is 5.67. The summed E-state index contributed by atoms with van der Waals surface area (Å²) in [4.78, 5) is 12.2. The minimum atomic E-state index is -0.0531. The Morgan fingerprint density at radius 2 is 2.19 bits per heavy atom. The molecule has 1 aromatic rings. The van der Waals surface area contributed by atoms with E-state index in [-0.39, 0.29) is 23.4 Å². The van der Waals surface area contributed by atoms with E-state index in [4.69, 9.17) is 16.3 Å². The van der Waals surface area contributed by atoms with E-state index in [1.165, 1.54) is 17.5 Å². The van der Waals surface area contributed by atoms with Gasteiger partial charge in [-0.15, -0.1) is 11.6 Å². The number of benzene rings is 1. The van der Waals surface area contributed by atoms with Crippen molar-refractivity contribution in [3.63, 3.8) is 0 Å². The molecular formula is C17H22ClNO2. The quantitative estimate of drug-likeness (QED) is 0.866. The normalized spacial score (nSPS) is 28.1. The van der Waals surface area contributed by atoms with Crippen molar-refractivity contribution in [2.45, 2.75) is 56.0 Å². The molecule has 21 heavy (non-hydrogen) atoms.